The molecule has 0 aliphatic carbocycles. The van der Waals surface area contributed by atoms with Gasteiger partial charge in [0.2, 0.25) is 11.8 Å². The van der Waals surface area contributed by atoms with Crippen molar-refractivity contribution in [2.75, 3.05) is 0 Å². The van der Waals surface area contributed by atoms with E-state index in [0.29, 0.717) is 16.6 Å². The highest BCUT2D eigenvalue weighted by Crippen LogP contribution is 2.32. The van der Waals surface area contributed by atoms with Crippen LogP contribution in [-0.4, -0.2) is 24.4 Å². The molecular formula is C30H27N7S. The summed E-state index contributed by atoms with van der Waals surface area (Å²) in [5.41, 5.74) is 5.93. The molecule has 38 heavy (non-hydrogen) atoms. The molecule has 0 spiro atoms. The molecule has 0 atom stereocenters. The quantitative estimate of drug-likeness (QED) is 0.202. The van der Waals surface area contributed by atoms with Gasteiger partial charge < -0.3 is 4.57 Å². The fraction of sp³-hybridized carbons (Fsp3) is 0.233. The van der Waals surface area contributed by atoms with Crippen LogP contribution in [0, 0.1) is 22.8 Å². The van der Waals surface area contributed by atoms with Crippen molar-refractivity contribution in [1.29, 1.82) is 10.5 Å². The van der Waals surface area contributed by atoms with Crippen LogP contribution in [0.1, 0.15) is 33.4 Å². The lowest BCUT2D eigenvalue weighted by molar-refractivity contribution is 0.658. The van der Waals surface area contributed by atoms with E-state index in [1.165, 1.54) is 4.90 Å². The summed E-state index contributed by atoms with van der Waals surface area (Å²) in [6.07, 6.45) is 5.48. The molecule has 3 heterocycles. The molecule has 0 radical (unpaired) electrons. The first-order chi connectivity index (χ1) is 18.2. The van der Waals surface area contributed by atoms with E-state index in [0.717, 1.165) is 38.8 Å². The lowest BCUT2D eigenvalue weighted by atomic mass is 9.91. The number of rotatable bonds is 5. The van der Waals surface area contributed by atoms with Gasteiger partial charge >= 0.3 is 0 Å². The second-order valence-electron chi connectivity index (χ2n) is 9.96. The topological polar surface area (TPSA) is 95.6 Å². The molecule has 0 fully saturated rings. The molecule has 0 N–H and O–H groups in total. The van der Waals surface area contributed by atoms with Crippen molar-refractivity contribution in [3.8, 4) is 29.1 Å². The third-order valence-corrected chi connectivity index (χ3v) is 7.56. The van der Waals surface area contributed by atoms with Gasteiger partial charge in [-0.05, 0) is 61.4 Å². The van der Waals surface area contributed by atoms with Crippen molar-refractivity contribution >= 4 is 33.7 Å². The molecule has 0 saturated carbocycles. The maximum absolute atomic E-state index is 9.53. The van der Waals surface area contributed by atoms with Crippen LogP contribution in [0.4, 0.5) is 0 Å². The van der Waals surface area contributed by atoms with Crippen molar-refractivity contribution < 1.29 is 0 Å². The zero-order chi connectivity index (χ0) is 27.0. The number of imidazole rings is 1. The first kappa shape index (κ1) is 25.3. The molecule has 188 valence electrons. The van der Waals surface area contributed by atoms with Crippen LogP contribution in [0.2, 0.25) is 0 Å². The minimum absolute atomic E-state index is 0.464. The Morgan fingerprint density at radius 1 is 0.947 bits per heavy atom. The molecule has 0 unspecified atom stereocenters. The van der Waals surface area contributed by atoms with Gasteiger partial charge in [0.05, 0.1) is 51.8 Å². The number of aryl methyl sites for hydroxylation is 1. The average Bonchev–Trinajstić information content (AvgIpc) is 3.20. The van der Waals surface area contributed by atoms with Gasteiger partial charge in [-0.15, -0.1) is 16.8 Å². The molecule has 2 aromatic carbocycles. The number of hydrogen-bond acceptors (Lipinski definition) is 6. The molecule has 8 heteroatoms. The molecule has 0 aliphatic heterocycles. The van der Waals surface area contributed by atoms with Crippen molar-refractivity contribution in [2.45, 2.75) is 43.3 Å². The highest BCUT2D eigenvalue weighted by Gasteiger charge is 2.22. The Kier molecular flexibility index (Phi) is 6.52. The Morgan fingerprint density at radius 2 is 1.68 bits per heavy atom. The average molecular weight is 518 g/mol. The number of thioether (sulfide) groups is 1. The Hall–Kier alpha value is -4.40. The minimum Gasteiger partial charge on any atom is -0.311 e. The second kappa shape index (κ2) is 9.81. The van der Waals surface area contributed by atoms with Gasteiger partial charge in [0.25, 0.3) is 0 Å². The van der Waals surface area contributed by atoms with E-state index < -0.39 is 5.41 Å². The standard InChI is InChI=1S/C30H27N7S/c1-19(2)38-23-10-6-20(7-11-23)21-8-12-25-24(14-21)28-26(16-33-25)36(5)29(35-18-32)37(28)22-9-13-27(34-15-22)30(3,4)17-31/h6-16,19H,1-5H3. The zero-order valence-corrected chi connectivity index (χ0v) is 22.8. The van der Waals surface area contributed by atoms with E-state index in [1.807, 2.05) is 72.4 Å². The Balaban J connectivity index is 1.75. The smallest absolute Gasteiger partial charge is 0.226 e. The highest BCUT2D eigenvalue weighted by molar-refractivity contribution is 7.99. The zero-order valence-electron chi connectivity index (χ0n) is 22.0. The fourth-order valence-corrected chi connectivity index (χ4v) is 5.38. The number of fused-ring (bicyclic) bond motifs is 3. The van der Waals surface area contributed by atoms with E-state index in [4.69, 9.17) is 4.98 Å². The largest absolute Gasteiger partial charge is 0.311 e. The number of nitriles is 2. The predicted molar refractivity (Wildman–Crippen MR) is 152 cm³/mol. The summed E-state index contributed by atoms with van der Waals surface area (Å²) in [6, 6.07) is 20.9. The summed E-state index contributed by atoms with van der Waals surface area (Å²) in [6.45, 7) is 8.06. The third-order valence-electron chi connectivity index (χ3n) is 6.54. The maximum atomic E-state index is 9.53. The van der Waals surface area contributed by atoms with Crippen LogP contribution in [0.25, 0.3) is 38.8 Å². The summed E-state index contributed by atoms with van der Waals surface area (Å²) >= 11 is 1.84. The van der Waals surface area contributed by atoms with Gasteiger partial charge in [0, 0.05) is 22.6 Å². The van der Waals surface area contributed by atoms with Gasteiger partial charge in [0.15, 0.2) is 0 Å². The molecule has 0 aliphatic rings. The normalized spacial score (nSPS) is 12.3. The number of benzene rings is 2. The second-order valence-corrected chi connectivity index (χ2v) is 11.6. The van der Waals surface area contributed by atoms with E-state index >= 15 is 0 Å². The van der Waals surface area contributed by atoms with Gasteiger partial charge in [-0.25, -0.2) is 0 Å². The lowest BCUT2D eigenvalue weighted by Gasteiger charge is -2.15. The van der Waals surface area contributed by atoms with Gasteiger partial charge in [-0.1, -0.05) is 32.0 Å². The SMILES string of the molecule is CC(C)Sc1ccc(-c2ccc3ncc4c(c3c2)n(-c2ccc(C(C)(C)C#N)nc2)c(=NC#N)n4C)cc1. The molecule has 0 saturated heterocycles. The Labute approximate surface area is 225 Å². The van der Waals surface area contributed by atoms with E-state index in [2.05, 4.69) is 66.3 Å². The van der Waals surface area contributed by atoms with Crippen molar-refractivity contribution in [3.63, 3.8) is 0 Å². The summed E-state index contributed by atoms with van der Waals surface area (Å²) in [7, 11) is 1.87. The van der Waals surface area contributed by atoms with Crippen LogP contribution in [0.5, 0.6) is 0 Å². The van der Waals surface area contributed by atoms with E-state index in [-0.39, 0.29) is 0 Å². The molecule has 0 amide bonds. The number of hydrogen-bond donors (Lipinski definition) is 0. The molecule has 5 aromatic rings. The molecular weight excluding hydrogens is 490 g/mol. The van der Waals surface area contributed by atoms with Gasteiger partial charge in [-0.3, -0.25) is 14.5 Å². The third kappa shape index (κ3) is 4.44. The Morgan fingerprint density at radius 3 is 2.32 bits per heavy atom. The summed E-state index contributed by atoms with van der Waals surface area (Å²) in [5.74, 6) is 0. The van der Waals surface area contributed by atoms with Crippen LogP contribution in [0.3, 0.4) is 0 Å². The Bertz CT molecular complexity index is 1810. The van der Waals surface area contributed by atoms with Crippen LogP contribution >= 0.6 is 11.8 Å². The van der Waals surface area contributed by atoms with Crippen LogP contribution < -0.4 is 5.62 Å². The monoisotopic (exact) mass is 517 g/mol. The molecule has 0 bridgehead atoms. The predicted octanol–water partition coefficient (Wildman–Crippen LogP) is 6.26. The van der Waals surface area contributed by atoms with Gasteiger partial charge in [0.1, 0.15) is 0 Å². The van der Waals surface area contributed by atoms with Crippen molar-refractivity contribution in [2.24, 2.45) is 12.0 Å². The van der Waals surface area contributed by atoms with Crippen LogP contribution in [0.15, 0.2) is 76.9 Å². The molecule has 7 nitrogen and oxygen atoms in total. The number of pyridine rings is 2. The van der Waals surface area contributed by atoms with E-state index in [9.17, 15) is 10.5 Å². The number of nitrogens with zero attached hydrogens (tertiary/aromatic N) is 7. The molecule has 3 aromatic heterocycles. The fourth-order valence-electron chi connectivity index (χ4n) is 4.54. The first-order valence-electron chi connectivity index (χ1n) is 12.3. The lowest BCUT2D eigenvalue weighted by Crippen LogP contribution is -2.23. The van der Waals surface area contributed by atoms with Crippen molar-refractivity contribution in [1.82, 2.24) is 19.1 Å². The summed E-state index contributed by atoms with van der Waals surface area (Å²) < 4.78 is 3.80. The van der Waals surface area contributed by atoms with Gasteiger partial charge in [-0.2, -0.15) is 10.5 Å². The summed E-state index contributed by atoms with van der Waals surface area (Å²) in [4.78, 5) is 14.7. The van der Waals surface area contributed by atoms with E-state index in [1.54, 1.807) is 6.20 Å². The maximum Gasteiger partial charge on any atom is 0.226 e. The van der Waals surface area contributed by atoms with Crippen LogP contribution in [-0.2, 0) is 12.5 Å². The first-order valence-corrected chi connectivity index (χ1v) is 13.2. The van der Waals surface area contributed by atoms with Crippen molar-refractivity contribution in [3.05, 3.63) is 78.3 Å². The number of aromatic nitrogens is 4. The summed E-state index contributed by atoms with van der Waals surface area (Å²) in [5, 5.41) is 20.5. The highest BCUT2D eigenvalue weighted by atomic mass is 32.2. The molecule has 5 rings (SSSR count). The minimum atomic E-state index is -0.712.